The number of H-pyrrole nitrogens is 1. The monoisotopic (exact) mass is 547 g/mol. The number of aromatic amines is 1. The van der Waals surface area contributed by atoms with Crippen molar-refractivity contribution in [1.29, 1.82) is 0 Å². The predicted molar refractivity (Wildman–Crippen MR) is 150 cm³/mol. The second kappa shape index (κ2) is 9.87. The molecule has 4 heterocycles. The molecule has 2 atom stereocenters. The lowest BCUT2D eigenvalue weighted by atomic mass is 9.82. The van der Waals surface area contributed by atoms with Gasteiger partial charge in [-0.3, -0.25) is 4.90 Å². The summed E-state index contributed by atoms with van der Waals surface area (Å²) in [5.41, 5.74) is 0.697. The van der Waals surface area contributed by atoms with Gasteiger partial charge in [-0.25, -0.2) is 19.2 Å². The number of aryl methyl sites for hydroxylation is 1. The number of fused-ring (bicyclic) bond motifs is 4. The summed E-state index contributed by atoms with van der Waals surface area (Å²) in [6.07, 6.45) is 7.46. The highest BCUT2D eigenvalue weighted by atomic mass is 19.1. The lowest BCUT2D eigenvalue weighted by Crippen LogP contribution is -2.34. The van der Waals surface area contributed by atoms with Crippen molar-refractivity contribution in [2.45, 2.75) is 59.0 Å². The van der Waals surface area contributed by atoms with Gasteiger partial charge in [0.2, 0.25) is 0 Å². The second-order valence-corrected chi connectivity index (χ2v) is 11.8. The van der Waals surface area contributed by atoms with Crippen LogP contribution in [0.4, 0.5) is 20.7 Å². The summed E-state index contributed by atoms with van der Waals surface area (Å²) in [5.74, 6) is 2.46. The smallest absolute Gasteiger partial charge is 0.414 e. The van der Waals surface area contributed by atoms with Gasteiger partial charge in [0.1, 0.15) is 28.7 Å². The Morgan fingerprint density at radius 1 is 1.10 bits per heavy atom. The SMILES string of the molecule is Cc1ncc(Oc2nc(N3C[C@H]4CCCC[C@H]4C3)c3c(n2)[nH]c2c(N(C)C(=O)OC(C)(C)C)cc(F)cc23)cn1. The number of rotatable bonds is 4. The Bertz CT molecular complexity index is 1570. The Morgan fingerprint density at radius 2 is 1.77 bits per heavy atom. The summed E-state index contributed by atoms with van der Waals surface area (Å²) < 4.78 is 26.7. The van der Waals surface area contributed by atoms with Gasteiger partial charge in [-0.2, -0.15) is 9.97 Å². The molecule has 0 spiro atoms. The number of ether oxygens (including phenoxy) is 2. The normalized spacial score (nSPS) is 19.2. The average molecular weight is 548 g/mol. The first kappa shape index (κ1) is 26.2. The molecule has 1 aromatic carbocycles. The quantitative estimate of drug-likeness (QED) is 0.325. The number of anilines is 2. The highest BCUT2D eigenvalue weighted by Crippen LogP contribution is 2.43. The van der Waals surface area contributed by atoms with Gasteiger partial charge in [0, 0.05) is 25.5 Å². The first-order valence-electron chi connectivity index (χ1n) is 13.8. The van der Waals surface area contributed by atoms with Crippen molar-refractivity contribution in [3.05, 3.63) is 36.2 Å². The van der Waals surface area contributed by atoms with E-state index in [1.165, 1.54) is 42.7 Å². The van der Waals surface area contributed by atoms with Crippen LogP contribution in [0.15, 0.2) is 24.5 Å². The number of amides is 1. The van der Waals surface area contributed by atoms with Gasteiger partial charge < -0.3 is 19.4 Å². The number of carbonyl (C=O) groups excluding carboxylic acids is 1. The summed E-state index contributed by atoms with van der Waals surface area (Å²) in [6.45, 7) is 8.91. The van der Waals surface area contributed by atoms with Crippen LogP contribution in [0.1, 0.15) is 52.3 Å². The molecular formula is C29H34FN7O3. The fraction of sp³-hybridized carbons (Fsp3) is 0.483. The van der Waals surface area contributed by atoms with E-state index in [1.54, 1.807) is 47.1 Å². The first-order chi connectivity index (χ1) is 19.1. The number of nitrogens with one attached hydrogen (secondary N) is 1. The van der Waals surface area contributed by atoms with Gasteiger partial charge in [0.25, 0.3) is 0 Å². The molecule has 0 bridgehead atoms. The molecule has 1 N–H and O–H groups in total. The molecule has 1 aliphatic heterocycles. The molecule has 1 saturated carbocycles. The largest absolute Gasteiger partial charge is 0.443 e. The minimum atomic E-state index is -0.699. The van der Waals surface area contributed by atoms with E-state index >= 15 is 4.39 Å². The zero-order valence-corrected chi connectivity index (χ0v) is 23.5. The molecule has 1 amide bonds. The van der Waals surface area contributed by atoms with Gasteiger partial charge in [-0.05, 0) is 64.5 Å². The van der Waals surface area contributed by atoms with Crippen molar-refractivity contribution < 1.29 is 18.7 Å². The van der Waals surface area contributed by atoms with Crippen LogP contribution in [0.3, 0.4) is 0 Å². The van der Waals surface area contributed by atoms with Crippen molar-refractivity contribution in [2.75, 3.05) is 29.9 Å². The molecule has 6 rings (SSSR count). The van der Waals surface area contributed by atoms with Crippen LogP contribution in [-0.4, -0.2) is 56.8 Å². The van der Waals surface area contributed by atoms with Gasteiger partial charge in [0.05, 0.1) is 29.0 Å². The standard InChI is InChI=1S/C29H34FN7O3/c1-16-31-12-20(13-32-16)39-27-34-25-23(26(35-27)37-14-17-8-6-7-9-18(17)15-37)21-10-19(30)11-22(24(21)33-25)36(5)28(38)40-29(2,3)4/h10-13,17-18H,6-9,14-15H2,1-5H3,(H,33,34,35)/t17-,18+. The first-order valence-corrected chi connectivity index (χ1v) is 13.8. The summed E-state index contributed by atoms with van der Waals surface area (Å²) in [7, 11) is 1.57. The molecule has 1 saturated heterocycles. The van der Waals surface area contributed by atoms with Crippen LogP contribution < -0.4 is 14.5 Å². The Hall–Kier alpha value is -4.02. The van der Waals surface area contributed by atoms with Crippen LogP contribution in [0, 0.1) is 24.6 Å². The Labute approximate surface area is 231 Å². The van der Waals surface area contributed by atoms with Gasteiger partial charge in [-0.1, -0.05) is 12.8 Å². The average Bonchev–Trinajstić information content (AvgIpc) is 3.49. The topological polar surface area (TPSA) is 109 Å². The number of halogens is 1. The van der Waals surface area contributed by atoms with Crippen LogP contribution in [0.5, 0.6) is 11.8 Å². The van der Waals surface area contributed by atoms with Crippen molar-refractivity contribution in [1.82, 2.24) is 24.9 Å². The molecule has 10 nitrogen and oxygen atoms in total. The zero-order valence-electron chi connectivity index (χ0n) is 23.5. The van der Waals surface area contributed by atoms with Crippen molar-refractivity contribution in [3.63, 3.8) is 0 Å². The molecule has 3 aromatic heterocycles. The molecule has 11 heteroatoms. The summed E-state index contributed by atoms with van der Waals surface area (Å²) in [4.78, 5) is 37.8. The molecule has 210 valence electrons. The van der Waals surface area contributed by atoms with E-state index < -0.39 is 17.5 Å². The zero-order chi connectivity index (χ0) is 28.2. The number of aromatic nitrogens is 5. The third kappa shape index (κ3) is 5.00. The van der Waals surface area contributed by atoms with E-state index in [1.807, 2.05) is 0 Å². The van der Waals surface area contributed by atoms with E-state index in [0.717, 1.165) is 13.1 Å². The summed E-state index contributed by atoms with van der Waals surface area (Å²) in [5, 5.41) is 1.29. The third-order valence-corrected chi connectivity index (χ3v) is 7.74. The molecule has 4 aromatic rings. The Kier molecular flexibility index (Phi) is 6.47. The maximum Gasteiger partial charge on any atom is 0.414 e. The van der Waals surface area contributed by atoms with Crippen molar-refractivity contribution in [3.8, 4) is 11.8 Å². The van der Waals surface area contributed by atoms with E-state index in [4.69, 9.17) is 14.5 Å². The number of nitrogens with zero attached hydrogens (tertiary/aromatic N) is 6. The van der Waals surface area contributed by atoms with Crippen LogP contribution in [-0.2, 0) is 4.74 Å². The lowest BCUT2D eigenvalue weighted by molar-refractivity contribution is 0.0589. The maximum absolute atomic E-state index is 15.1. The van der Waals surface area contributed by atoms with Crippen LogP contribution in [0.25, 0.3) is 21.9 Å². The van der Waals surface area contributed by atoms with E-state index in [9.17, 15) is 4.79 Å². The maximum atomic E-state index is 15.1. The van der Waals surface area contributed by atoms with Gasteiger partial charge >= 0.3 is 12.1 Å². The molecule has 0 unspecified atom stereocenters. The number of benzene rings is 1. The number of hydrogen-bond donors (Lipinski definition) is 1. The molecular weight excluding hydrogens is 513 g/mol. The van der Waals surface area contributed by atoms with E-state index in [2.05, 4.69) is 24.8 Å². The highest BCUT2D eigenvalue weighted by Gasteiger charge is 2.36. The van der Waals surface area contributed by atoms with E-state index in [-0.39, 0.29) is 6.01 Å². The second-order valence-electron chi connectivity index (χ2n) is 11.8. The van der Waals surface area contributed by atoms with Gasteiger partial charge in [-0.15, -0.1) is 0 Å². The van der Waals surface area contributed by atoms with Crippen LogP contribution >= 0.6 is 0 Å². The molecule has 1 aliphatic carbocycles. The van der Waals surface area contributed by atoms with Crippen molar-refractivity contribution in [2.24, 2.45) is 11.8 Å². The van der Waals surface area contributed by atoms with Crippen molar-refractivity contribution >= 4 is 39.5 Å². The molecule has 40 heavy (non-hydrogen) atoms. The minimum Gasteiger partial charge on any atom is -0.443 e. The molecule has 2 aliphatic rings. The lowest BCUT2D eigenvalue weighted by Gasteiger charge is -2.25. The minimum absolute atomic E-state index is 0.138. The number of carbonyl (C=O) groups is 1. The highest BCUT2D eigenvalue weighted by molar-refractivity contribution is 6.16. The number of hydrogen-bond acceptors (Lipinski definition) is 8. The van der Waals surface area contributed by atoms with Crippen LogP contribution in [0.2, 0.25) is 0 Å². The molecule has 0 radical (unpaired) electrons. The Morgan fingerprint density at radius 3 is 2.42 bits per heavy atom. The Balaban J connectivity index is 1.50. The summed E-state index contributed by atoms with van der Waals surface area (Å²) in [6, 6.07) is 2.92. The molecule has 2 fully saturated rings. The fourth-order valence-corrected chi connectivity index (χ4v) is 5.89. The summed E-state index contributed by atoms with van der Waals surface area (Å²) >= 11 is 0. The third-order valence-electron chi connectivity index (χ3n) is 7.74. The van der Waals surface area contributed by atoms with E-state index in [0.29, 0.717) is 56.9 Å². The fourth-order valence-electron chi connectivity index (χ4n) is 5.89. The predicted octanol–water partition coefficient (Wildman–Crippen LogP) is 6.14. The van der Waals surface area contributed by atoms with Gasteiger partial charge in [0.15, 0.2) is 5.75 Å².